The van der Waals surface area contributed by atoms with E-state index in [1.54, 1.807) is 30.3 Å². The van der Waals surface area contributed by atoms with Gasteiger partial charge < -0.3 is 24.8 Å². The smallest absolute Gasteiger partial charge is 0.319 e. The molecular weight excluding hydrogens is 379 g/mol. The van der Waals surface area contributed by atoms with Crippen LogP contribution < -0.4 is 20.1 Å². The van der Waals surface area contributed by atoms with Crippen molar-refractivity contribution in [2.24, 2.45) is 5.92 Å². The number of amides is 2. The monoisotopic (exact) mass is 400 g/mol. The highest BCUT2D eigenvalue weighted by Crippen LogP contribution is 2.36. The number of ether oxygens (including phenoxy) is 3. The molecular formula is C21H21FN2O5. The van der Waals surface area contributed by atoms with E-state index in [0.29, 0.717) is 17.1 Å². The van der Waals surface area contributed by atoms with Crippen LogP contribution in [-0.2, 0) is 16.1 Å². The van der Waals surface area contributed by atoms with E-state index in [4.69, 9.17) is 14.2 Å². The molecule has 2 aromatic carbocycles. The number of halogens is 1. The molecule has 8 heteroatoms. The number of carbonyl (C=O) groups is 2. The molecule has 7 nitrogen and oxygen atoms in total. The number of nitrogens with one attached hydrogen (secondary N) is 2. The van der Waals surface area contributed by atoms with E-state index in [0.717, 1.165) is 5.56 Å². The Hall–Kier alpha value is -3.55. The zero-order chi connectivity index (χ0) is 21.0. The van der Waals surface area contributed by atoms with E-state index in [2.05, 4.69) is 17.2 Å². The van der Waals surface area contributed by atoms with Gasteiger partial charge in [-0.1, -0.05) is 24.8 Å². The van der Waals surface area contributed by atoms with Crippen LogP contribution in [-0.4, -0.2) is 26.2 Å². The molecule has 0 unspecified atom stereocenters. The first-order valence-electron chi connectivity index (χ1n) is 8.82. The fourth-order valence-corrected chi connectivity index (χ4v) is 3.11. The first kappa shape index (κ1) is 20.2. The number of hydrogen-bond donors (Lipinski definition) is 2. The highest BCUT2D eigenvalue weighted by molar-refractivity contribution is 5.85. The molecule has 1 fully saturated rings. The van der Waals surface area contributed by atoms with Crippen molar-refractivity contribution in [3.05, 3.63) is 71.7 Å². The molecule has 29 heavy (non-hydrogen) atoms. The summed E-state index contributed by atoms with van der Waals surface area (Å²) in [6.07, 6.45) is 0. The van der Waals surface area contributed by atoms with Gasteiger partial charge in [0.15, 0.2) is 11.5 Å². The molecule has 2 aromatic rings. The normalized spacial score (nSPS) is 18.4. The van der Waals surface area contributed by atoms with E-state index in [1.807, 2.05) is 0 Å². The molecule has 1 aliphatic rings. The minimum Gasteiger partial charge on any atom is -0.493 e. The highest BCUT2D eigenvalue weighted by Gasteiger charge is 2.38. The quantitative estimate of drug-likeness (QED) is 0.728. The number of esters is 1. The first-order valence-corrected chi connectivity index (χ1v) is 8.82. The van der Waals surface area contributed by atoms with Crippen molar-refractivity contribution >= 4 is 12.0 Å². The summed E-state index contributed by atoms with van der Waals surface area (Å²) >= 11 is 0. The van der Waals surface area contributed by atoms with Gasteiger partial charge in [0.05, 0.1) is 20.3 Å². The Labute approximate surface area is 167 Å². The topological polar surface area (TPSA) is 85.9 Å². The van der Waals surface area contributed by atoms with Crippen molar-refractivity contribution in [2.75, 3.05) is 14.2 Å². The molecule has 0 radical (unpaired) electrons. The van der Waals surface area contributed by atoms with Gasteiger partial charge in [-0.3, -0.25) is 4.79 Å². The molecule has 1 saturated heterocycles. The Morgan fingerprint density at radius 1 is 1.14 bits per heavy atom. The van der Waals surface area contributed by atoms with Gasteiger partial charge in [0, 0.05) is 5.70 Å². The van der Waals surface area contributed by atoms with E-state index >= 15 is 0 Å². The molecule has 2 amide bonds. The fraction of sp³-hybridized carbons (Fsp3) is 0.238. The van der Waals surface area contributed by atoms with Gasteiger partial charge in [-0.25, -0.2) is 9.18 Å². The molecule has 0 aromatic heterocycles. The van der Waals surface area contributed by atoms with Crippen LogP contribution >= 0.6 is 0 Å². The summed E-state index contributed by atoms with van der Waals surface area (Å²) in [5, 5.41) is 5.22. The third-order valence-corrected chi connectivity index (χ3v) is 4.58. The number of carbonyl (C=O) groups excluding carboxylic acids is 2. The van der Waals surface area contributed by atoms with E-state index in [-0.39, 0.29) is 18.1 Å². The Morgan fingerprint density at radius 3 is 2.52 bits per heavy atom. The van der Waals surface area contributed by atoms with Gasteiger partial charge in [-0.15, -0.1) is 0 Å². The second-order valence-electron chi connectivity index (χ2n) is 6.43. The van der Waals surface area contributed by atoms with Gasteiger partial charge in [0.25, 0.3) is 0 Å². The highest BCUT2D eigenvalue weighted by atomic mass is 19.1. The average molecular weight is 400 g/mol. The zero-order valence-electron chi connectivity index (χ0n) is 16.0. The lowest BCUT2D eigenvalue weighted by atomic mass is 9.89. The van der Waals surface area contributed by atoms with Crippen molar-refractivity contribution < 1.29 is 28.2 Å². The Kier molecular flexibility index (Phi) is 6.01. The Morgan fingerprint density at radius 2 is 1.86 bits per heavy atom. The van der Waals surface area contributed by atoms with Gasteiger partial charge >= 0.3 is 12.0 Å². The molecule has 0 saturated carbocycles. The second-order valence-corrected chi connectivity index (χ2v) is 6.43. The number of benzene rings is 2. The molecule has 0 bridgehead atoms. The second kappa shape index (κ2) is 8.64. The van der Waals surface area contributed by atoms with Crippen LogP contribution in [0.4, 0.5) is 9.18 Å². The SMILES string of the molecule is C=C1NC(=O)N[C@@H](c2ccc(OCc3ccc(F)cc3)c(OC)c2)[C@@H]1C(=O)OC. The van der Waals surface area contributed by atoms with Gasteiger partial charge in [0.2, 0.25) is 0 Å². The summed E-state index contributed by atoms with van der Waals surface area (Å²) in [5.74, 6) is -0.751. The van der Waals surface area contributed by atoms with Crippen molar-refractivity contribution in [3.63, 3.8) is 0 Å². The average Bonchev–Trinajstić information content (AvgIpc) is 2.72. The number of methoxy groups -OCH3 is 2. The maximum absolute atomic E-state index is 13.0. The largest absolute Gasteiger partial charge is 0.493 e. The zero-order valence-corrected chi connectivity index (χ0v) is 16.0. The molecule has 3 rings (SSSR count). The Bertz CT molecular complexity index is 929. The van der Waals surface area contributed by atoms with Crippen molar-refractivity contribution in [3.8, 4) is 11.5 Å². The third kappa shape index (κ3) is 4.48. The summed E-state index contributed by atoms with van der Waals surface area (Å²) in [6, 6.07) is 9.93. The molecule has 2 atom stereocenters. The van der Waals surface area contributed by atoms with Crippen molar-refractivity contribution in [2.45, 2.75) is 12.6 Å². The molecule has 2 N–H and O–H groups in total. The van der Waals surface area contributed by atoms with Gasteiger partial charge in [-0.2, -0.15) is 0 Å². The van der Waals surface area contributed by atoms with Crippen LogP contribution in [0.2, 0.25) is 0 Å². The lowest BCUT2D eigenvalue weighted by Crippen LogP contribution is -2.51. The first-order chi connectivity index (χ1) is 13.9. The van der Waals surface area contributed by atoms with Crippen LogP contribution in [0.5, 0.6) is 11.5 Å². The predicted octanol–water partition coefficient (Wildman–Crippen LogP) is 3.07. The van der Waals surface area contributed by atoms with Crippen molar-refractivity contribution in [1.29, 1.82) is 0 Å². The summed E-state index contributed by atoms with van der Waals surface area (Å²) < 4.78 is 29.1. The van der Waals surface area contributed by atoms with Crippen LogP contribution in [0.25, 0.3) is 0 Å². The van der Waals surface area contributed by atoms with E-state index in [1.165, 1.54) is 26.4 Å². The maximum atomic E-state index is 13.0. The predicted molar refractivity (Wildman–Crippen MR) is 103 cm³/mol. The molecule has 1 aliphatic heterocycles. The molecule has 152 valence electrons. The van der Waals surface area contributed by atoms with Crippen LogP contribution in [0.3, 0.4) is 0 Å². The van der Waals surface area contributed by atoms with Gasteiger partial charge in [0.1, 0.15) is 18.3 Å². The van der Waals surface area contributed by atoms with Crippen LogP contribution in [0, 0.1) is 11.7 Å². The van der Waals surface area contributed by atoms with Crippen LogP contribution in [0.15, 0.2) is 54.7 Å². The molecule has 1 heterocycles. The fourth-order valence-electron chi connectivity index (χ4n) is 3.11. The standard InChI is InChI=1S/C21H21FN2O5/c1-12-18(20(25)28-3)19(24-21(26)23-12)14-6-9-16(17(10-14)27-2)29-11-13-4-7-15(22)8-5-13/h4-10,18-19H,1,11H2,2-3H3,(H2,23,24,26)/t18-,19+/m1/s1. The maximum Gasteiger partial charge on any atom is 0.319 e. The number of urea groups is 1. The van der Waals surface area contributed by atoms with Crippen LogP contribution in [0.1, 0.15) is 17.2 Å². The minimum atomic E-state index is -0.798. The Balaban J connectivity index is 1.84. The lowest BCUT2D eigenvalue weighted by Gasteiger charge is -2.33. The number of hydrogen-bond acceptors (Lipinski definition) is 5. The summed E-state index contributed by atoms with van der Waals surface area (Å²) in [4.78, 5) is 24.1. The lowest BCUT2D eigenvalue weighted by molar-refractivity contribution is -0.145. The molecule has 0 aliphatic carbocycles. The summed E-state index contributed by atoms with van der Waals surface area (Å²) in [6.45, 7) is 3.99. The van der Waals surface area contributed by atoms with E-state index in [9.17, 15) is 14.0 Å². The third-order valence-electron chi connectivity index (χ3n) is 4.58. The number of rotatable bonds is 6. The van der Waals surface area contributed by atoms with Gasteiger partial charge in [-0.05, 0) is 35.4 Å². The van der Waals surface area contributed by atoms with Crippen molar-refractivity contribution in [1.82, 2.24) is 10.6 Å². The minimum absolute atomic E-state index is 0.224. The molecule has 0 spiro atoms. The summed E-state index contributed by atoms with van der Waals surface area (Å²) in [5.41, 5.74) is 1.67. The van der Waals surface area contributed by atoms with E-state index < -0.39 is 24.0 Å². The summed E-state index contributed by atoms with van der Waals surface area (Å²) in [7, 11) is 2.76.